The Bertz CT molecular complexity index is 181. The van der Waals surface area contributed by atoms with E-state index in [9.17, 15) is 0 Å². The number of hydrogen-bond donors (Lipinski definition) is 0. The Kier molecular flexibility index (Phi) is 2.67. The van der Waals surface area contributed by atoms with Gasteiger partial charge >= 0.3 is 70.4 Å². The van der Waals surface area contributed by atoms with Crippen molar-refractivity contribution in [2.75, 3.05) is 0 Å². The van der Waals surface area contributed by atoms with Gasteiger partial charge in [-0.2, -0.15) is 0 Å². The van der Waals surface area contributed by atoms with E-state index in [-0.39, 0.29) is 0 Å². The molecule has 44 valence electrons. The normalized spacial score (nSPS) is 8.67. The molecular weight excluding hydrogens is 220 g/mol. The molecule has 0 unspecified atom stereocenters. The Labute approximate surface area is 70.4 Å². The molecule has 0 bridgehead atoms. The van der Waals surface area contributed by atoms with Crippen LogP contribution in [0.3, 0.4) is 0 Å². The predicted molar refractivity (Wildman–Crippen MR) is 50.6 cm³/mol. The van der Waals surface area contributed by atoms with Crippen molar-refractivity contribution >= 4 is 33.7 Å². The maximum atomic E-state index is 2.37. The fourth-order valence-corrected chi connectivity index (χ4v) is 1.19. The molecule has 0 N–H and O–H groups in total. The van der Waals surface area contributed by atoms with Gasteiger partial charge in [0.25, 0.3) is 0 Å². The molecule has 0 atom stereocenters. The molecule has 0 radical (unpaired) electrons. The van der Waals surface area contributed by atoms with Crippen molar-refractivity contribution in [3.8, 4) is 0 Å². The van der Waals surface area contributed by atoms with Crippen LogP contribution in [0, 0.1) is 6.92 Å². The van der Waals surface area contributed by atoms with Crippen LogP contribution >= 0.6 is 22.0 Å². The molecule has 0 saturated heterocycles. The fraction of sp³-hybridized carbons (Fsp3) is 0.143. The summed E-state index contributed by atoms with van der Waals surface area (Å²) in [7, 11) is 0. The summed E-state index contributed by atoms with van der Waals surface area (Å²) in [6, 6.07) is 8.63. The number of benzene rings is 1. The Hall–Kier alpha value is 0.119. The molecule has 0 nitrogen and oxygen atoms in total. The first-order chi connectivity index (χ1) is 4.33. The second-order valence-corrected chi connectivity index (χ2v) is 2.88. The number of rotatable bonds is 1. The summed E-state index contributed by atoms with van der Waals surface area (Å²) in [6.07, 6.45) is 1.11. The van der Waals surface area contributed by atoms with Gasteiger partial charge in [-0.3, -0.25) is 0 Å². The van der Waals surface area contributed by atoms with Crippen molar-refractivity contribution in [1.82, 2.24) is 0 Å². The van der Waals surface area contributed by atoms with Crippen LogP contribution in [0.15, 0.2) is 24.3 Å². The van der Waals surface area contributed by atoms with Crippen molar-refractivity contribution in [3.05, 3.63) is 29.8 Å². The van der Waals surface area contributed by atoms with E-state index in [1.807, 2.05) is 0 Å². The molecule has 0 aliphatic heterocycles. The van der Waals surface area contributed by atoms with E-state index in [1.165, 1.54) is 10.8 Å². The van der Waals surface area contributed by atoms with E-state index in [1.54, 1.807) is 0 Å². The molecule has 0 aliphatic carbocycles. The van der Waals surface area contributed by atoms with E-state index in [0.29, 0.717) is 0 Å². The Morgan fingerprint density at radius 1 is 1.22 bits per heavy atom. The average Bonchev–Trinajstić information content (AvgIpc) is 1.90. The third-order valence-corrected chi connectivity index (χ3v) is 2.16. The zero-order valence-electron chi connectivity index (χ0n) is 5.39. The van der Waals surface area contributed by atoms with Crippen LogP contribution in [0.2, 0.25) is 0 Å². The van der Waals surface area contributed by atoms with Gasteiger partial charge in [-0.05, 0) is 0 Å². The molecule has 0 aromatic heterocycles. The van der Waals surface area contributed by atoms with Gasteiger partial charge in [0.15, 0.2) is 0 Å². The van der Waals surface area contributed by atoms with Crippen LogP contribution in [0.4, 0.5) is 0 Å². The molecule has 0 amide bonds. The van der Waals surface area contributed by atoms with Gasteiger partial charge in [0.2, 0.25) is 0 Å². The summed E-state index contributed by atoms with van der Waals surface area (Å²) in [6.45, 7) is 2.11. The van der Waals surface area contributed by atoms with Crippen molar-refractivity contribution in [2.45, 2.75) is 6.92 Å². The van der Waals surface area contributed by atoms with Gasteiger partial charge in [0.05, 0.1) is 0 Å². The first kappa shape index (κ1) is 7.23. The average molecular weight is 227 g/mol. The minimum absolute atomic E-state index is 1.11. The zero-order chi connectivity index (χ0) is 6.69. The Morgan fingerprint density at radius 3 is 2.22 bits per heavy atom. The Morgan fingerprint density at radius 2 is 1.78 bits per heavy atom. The standard InChI is InChI=1S/C7H7.Be.HI/c1-7-5-3-2-4-6-7;;/h3-6H,1H3;;1H/q;+1;/p-1. The quantitative estimate of drug-likeness (QED) is 0.505. The monoisotopic (exact) mass is 227 g/mol. The summed E-state index contributed by atoms with van der Waals surface area (Å²) in [5.74, 6) is 0. The van der Waals surface area contributed by atoms with Crippen molar-refractivity contribution in [3.63, 3.8) is 0 Å². The summed E-state index contributed by atoms with van der Waals surface area (Å²) in [4.78, 5) is 0. The molecule has 9 heavy (non-hydrogen) atoms. The molecule has 1 rings (SSSR count). The number of hydrogen-bond acceptors (Lipinski definition) is 0. The van der Waals surface area contributed by atoms with Crippen molar-refractivity contribution in [2.24, 2.45) is 0 Å². The van der Waals surface area contributed by atoms with Crippen LogP contribution < -0.4 is 5.28 Å². The molecule has 0 aliphatic rings. The molecule has 0 saturated carbocycles. The number of halogens is 1. The van der Waals surface area contributed by atoms with Gasteiger partial charge in [-0.1, -0.05) is 0 Å². The van der Waals surface area contributed by atoms with E-state index < -0.39 is 0 Å². The predicted octanol–water partition coefficient (Wildman–Crippen LogP) is 1.67. The summed E-state index contributed by atoms with van der Waals surface area (Å²) in [5.41, 5.74) is 1.34. The summed E-state index contributed by atoms with van der Waals surface area (Å²) < 4.78 is 0. The molecule has 2 heteroatoms. The van der Waals surface area contributed by atoms with Crippen LogP contribution in [-0.2, 0) is 0 Å². The second-order valence-electron chi connectivity index (χ2n) is 2.12. The summed E-state index contributed by atoms with van der Waals surface area (Å²) >= 11 is 2.37. The molecule has 0 heterocycles. The molecule has 0 fully saturated rings. The van der Waals surface area contributed by atoms with E-state index in [4.69, 9.17) is 0 Å². The van der Waals surface area contributed by atoms with E-state index in [2.05, 4.69) is 53.2 Å². The number of aryl methyl sites for hydroxylation is 1. The summed E-state index contributed by atoms with van der Waals surface area (Å²) in [5, 5.41) is 1.40. The van der Waals surface area contributed by atoms with E-state index >= 15 is 0 Å². The topological polar surface area (TPSA) is 0 Å². The van der Waals surface area contributed by atoms with Crippen LogP contribution in [0.1, 0.15) is 5.56 Å². The molecule has 0 spiro atoms. The maximum absolute atomic E-state index is 2.37. The van der Waals surface area contributed by atoms with Gasteiger partial charge in [-0.25, -0.2) is 0 Å². The van der Waals surface area contributed by atoms with Crippen molar-refractivity contribution < 1.29 is 0 Å². The van der Waals surface area contributed by atoms with Crippen LogP contribution in [0.25, 0.3) is 0 Å². The van der Waals surface area contributed by atoms with Gasteiger partial charge in [-0.15, -0.1) is 0 Å². The van der Waals surface area contributed by atoms with Gasteiger partial charge < -0.3 is 0 Å². The Balaban J connectivity index is 2.88. The first-order valence-electron chi connectivity index (χ1n) is 2.94. The van der Waals surface area contributed by atoms with Crippen molar-refractivity contribution in [1.29, 1.82) is 0 Å². The zero-order valence-corrected chi connectivity index (χ0v) is 7.55. The molecular formula is C7H7BeI. The molecule has 1 aromatic carbocycles. The third kappa shape index (κ3) is 2.07. The van der Waals surface area contributed by atoms with Gasteiger partial charge in [0, 0.05) is 0 Å². The SMILES string of the molecule is Cc1cc[c]([Be][I])cc1. The second kappa shape index (κ2) is 3.33. The fourth-order valence-electron chi connectivity index (χ4n) is 0.677. The van der Waals surface area contributed by atoms with Crippen LogP contribution in [0.5, 0.6) is 0 Å². The van der Waals surface area contributed by atoms with E-state index in [0.717, 1.165) is 6.39 Å². The van der Waals surface area contributed by atoms with Gasteiger partial charge in [0.1, 0.15) is 0 Å². The minimum atomic E-state index is 1.11. The first-order valence-corrected chi connectivity index (χ1v) is 4.47. The van der Waals surface area contributed by atoms with Crippen LogP contribution in [-0.4, -0.2) is 6.39 Å². The molecule has 1 aromatic rings. The third-order valence-electron chi connectivity index (χ3n) is 1.27.